The van der Waals surface area contributed by atoms with E-state index in [1.54, 1.807) is 32.0 Å². The summed E-state index contributed by atoms with van der Waals surface area (Å²) in [4.78, 5) is 0.0988. The fourth-order valence-corrected chi connectivity index (χ4v) is 3.20. The van der Waals surface area contributed by atoms with E-state index in [0.717, 1.165) is 5.56 Å². The molecule has 0 saturated carbocycles. The van der Waals surface area contributed by atoms with Gasteiger partial charge in [0.15, 0.2) is 0 Å². The maximum atomic E-state index is 12.4. The summed E-state index contributed by atoms with van der Waals surface area (Å²) in [5.41, 5.74) is 8.35. The van der Waals surface area contributed by atoms with Gasteiger partial charge in [0.1, 0.15) is 0 Å². The molecule has 21 heavy (non-hydrogen) atoms. The Morgan fingerprint density at radius 3 is 2.43 bits per heavy atom. The highest BCUT2D eigenvalue weighted by Gasteiger charge is 2.17. The summed E-state index contributed by atoms with van der Waals surface area (Å²) in [5, 5.41) is 8.89. The molecule has 6 heteroatoms. The van der Waals surface area contributed by atoms with Crippen LogP contribution in [0.3, 0.4) is 0 Å². The van der Waals surface area contributed by atoms with Crippen molar-refractivity contribution in [3.63, 3.8) is 0 Å². The van der Waals surface area contributed by atoms with E-state index < -0.39 is 10.0 Å². The van der Waals surface area contributed by atoms with Crippen LogP contribution in [-0.2, 0) is 10.0 Å². The predicted octanol–water partition coefficient (Wildman–Crippen LogP) is 2.56. The normalized spacial score (nSPS) is 10.9. The van der Waals surface area contributed by atoms with Gasteiger partial charge in [-0.2, -0.15) is 5.26 Å². The molecule has 0 heterocycles. The lowest BCUT2D eigenvalue weighted by atomic mass is 10.1. The molecule has 108 valence electrons. The van der Waals surface area contributed by atoms with E-state index in [4.69, 9.17) is 11.0 Å². The molecule has 0 spiro atoms. The predicted molar refractivity (Wildman–Crippen MR) is 82.3 cm³/mol. The SMILES string of the molecule is Cc1cc(S(=O)(=O)Nc2c(C)cccc2N)ccc1C#N. The van der Waals surface area contributed by atoms with Crippen molar-refractivity contribution in [2.75, 3.05) is 10.5 Å². The van der Waals surface area contributed by atoms with Gasteiger partial charge in [0.25, 0.3) is 10.0 Å². The minimum absolute atomic E-state index is 0.0988. The molecular formula is C15H15N3O2S. The van der Waals surface area contributed by atoms with Gasteiger partial charge in [-0.3, -0.25) is 4.72 Å². The third-order valence-corrected chi connectivity index (χ3v) is 4.52. The minimum Gasteiger partial charge on any atom is -0.397 e. The van der Waals surface area contributed by atoms with Crippen LogP contribution in [-0.4, -0.2) is 8.42 Å². The lowest BCUT2D eigenvalue weighted by Crippen LogP contribution is -2.15. The first-order valence-corrected chi connectivity index (χ1v) is 7.72. The van der Waals surface area contributed by atoms with Crippen molar-refractivity contribution >= 4 is 21.4 Å². The Labute approximate surface area is 124 Å². The van der Waals surface area contributed by atoms with Gasteiger partial charge < -0.3 is 5.73 Å². The van der Waals surface area contributed by atoms with E-state index in [1.807, 2.05) is 6.07 Å². The monoisotopic (exact) mass is 301 g/mol. The van der Waals surface area contributed by atoms with Crippen LogP contribution in [0.4, 0.5) is 11.4 Å². The number of rotatable bonds is 3. The van der Waals surface area contributed by atoms with E-state index >= 15 is 0 Å². The van der Waals surface area contributed by atoms with Crippen LogP contribution in [0.1, 0.15) is 16.7 Å². The number of aryl methyl sites for hydroxylation is 2. The third kappa shape index (κ3) is 2.98. The van der Waals surface area contributed by atoms with Crippen molar-refractivity contribution in [1.29, 1.82) is 5.26 Å². The van der Waals surface area contributed by atoms with E-state index in [1.165, 1.54) is 18.2 Å². The third-order valence-electron chi connectivity index (χ3n) is 3.17. The second-order valence-electron chi connectivity index (χ2n) is 4.73. The molecule has 0 bridgehead atoms. The smallest absolute Gasteiger partial charge is 0.261 e. The number of sulfonamides is 1. The minimum atomic E-state index is -3.75. The number of anilines is 2. The van der Waals surface area contributed by atoms with Gasteiger partial charge in [-0.15, -0.1) is 0 Å². The molecule has 3 N–H and O–H groups in total. The largest absolute Gasteiger partial charge is 0.397 e. The van der Waals surface area contributed by atoms with Crippen LogP contribution in [0.5, 0.6) is 0 Å². The molecular weight excluding hydrogens is 286 g/mol. The van der Waals surface area contributed by atoms with Crippen LogP contribution >= 0.6 is 0 Å². The number of nitriles is 1. The van der Waals surface area contributed by atoms with Crippen LogP contribution < -0.4 is 10.5 Å². The van der Waals surface area contributed by atoms with Crippen LogP contribution in [0.2, 0.25) is 0 Å². The Balaban J connectivity index is 2.44. The Morgan fingerprint density at radius 2 is 1.86 bits per heavy atom. The van der Waals surface area contributed by atoms with Crippen molar-refractivity contribution in [2.24, 2.45) is 0 Å². The van der Waals surface area contributed by atoms with E-state index in [-0.39, 0.29) is 4.90 Å². The topological polar surface area (TPSA) is 96.0 Å². The average Bonchev–Trinajstić information content (AvgIpc) is 2.43. The zero-order chi connectivity index (χ0) is 15.6. The summed E-state index contributed by atoms with van der Waals surface area (Å²) in [6.45, 7) is 3.47. The van der Waals surface area contributed by atoms with Gasteiger partial charge >= 0.3 is 0 Å². The summed E-state index contributed by atoms with van der Waals surface area (Å²) in [6, 6.07) is 11.5. The van der Waals surface area contributed by atoms with Crippen molar-refractivity contribution < 1.29 is 8.42 Å². The molecule has 0 atom stereocenters. The fraction of sp³-hybridized carbons (Fsp3) is 0.133. The number of hydrogen-bond donors (Lipinski definition) is 2. The summed E-state index contributed by atoms with van der Waals surface area (Å²) in [6.07, 6.45) is 0. The maximum absolute atomic E-state index is 12.4. The lowest BCUT2D eigenvalue weighted by molar-refractivity contribution is 0.601. The van der Waals surface area contributed by atoms with Crippen molar-refractivity contribution in [3.8, 4) is 6.07 Å². The van der Waals surface area contributed by atoms with Gasteiger partial charge in [0.2, 0.25) is 0 Å². The second kappa shape index (κ2) is 5.46. The Kier molecular flexibility index (Phi) is 3.87. The number of nitrogens with two attached hydrogens (primary N) is 1. The average molecular weight is 301 g/mol. The molecule has 0 fully saturated rings. The second-order valence-corrected chi connectivity index (χ2v) is 6.42. The number of hydrogen-bond acceptors (Lipinski definition) is 4. The van der Waals surface area contributed by atoms with Crippen LogP contribution in [0, 0.1) is 25.2 Å². The van der Waals surface area contributed by atoms with Crippen LogP contribution in [0.25, 0.3) is 0 Å². The highest BCUT2D eigenvalue weighted by atomic mass is 32.2. The molecule has 2 aromatic rings. The van der Waals surface area contributed by atoms with Gasteiger partial charge in [-0.1, -0.05) is 12.1 Å². The molecule has 0 unspecified atom stereocenters. The maximum Gasteiger partial charge on any atom is 0.261 e. The standard InChI is InChI=1S/C15H15N3O2S/c1-10-4-3-5-14(17)15(10)18-21(19,20)13-7-6-12(9-16)11(2)8-13/h3-8,18H,17H2,1-2H3. The summed E-state index contributed by atoms with van der Waals surface area (Å²) >= 11 is 0. The van der Waals surface area contributed by atoms with Gasteiger partial charge in [0.05, 0.1) is 27.9 Å². The Bertz CT molecular complexity index is 816. The first kappa shape index (κ1) is 14.9. The molecule has 2 rings (SSSR count). The van der Waals surface area contributed by atoms with E-state index in [9.17, 15) is 8.42 Å². The summed E-state index contributed by atoms with van der Waals surface area (Å²) in [7, 11) is -3.75. The highest BCUT2D eigenvalue weighted by Crippen LogP contribution is 2.26. The molecule has 0 aliphatic carbocycles. The summed E-state index contributed by atoms with van der Waals surface area (Å²) in [5.74, 6) is 0. The van der Waals surface area contributed by atoms with Crippen molar-refractivity contribution in [3.05, 3.63) is 53.1 Å². The molecule has 0 aromatic heterocycles. The first-order chi connectivity index (χ1) is 9.85. The summed E-state index contributed by atoms with van der Waals surface area (Å²) < 4.78 is 27.3. The van der Waals surface area contributed by atoms with Crippen LogP contribution in [0.15, 0.2) is 41.3 Å². The lowest BCUT2D eigenvalue weighted by Gasteiger charge is -2.13. The molecule has 0 radical (unpaired) electrons. The molecule has 2 aromatic carbocycles. The first-order valence-electron chi connectivity index (χ1n) is 6.24. The van der Waals surface area contributed by atoms with Crippen molar-refractivity contribution in [1.82, 2.24) is 0 Å². The molecule has 0 amide bonds. The molecule has 0 aliphatic heterocycles. The zero-order valence-corrected chi connectivity index (χ0v) is 12.5. The Morgan fingerprint density at radius 1 is 1.14 bits per heavy atom. The number of benzene rings is 2. The number of nitrogens with zero attached hydrogens (tertiary/aromatic N) is 1. The fourth-order valence-electron chi connectivity index (χ4n) is 1.95. The van der Waals surface area contributed by atoms with Gasteiger partial charge in [-0.05, 0) is 49.2 Å². The van der Waals surface area contributed by atoms with Gasteiger partial charge in [0, 0.05) is 0 Å². The number of nitrogen functional groups attached to an aromatic ring is 1. The zero-order valence-electron chi connectivity index (χ0n) is 11.7. The highest BCUT2D eigenvalue weighted by molar-refractivity contribution is 7.92. The Hall–Kier alpha value is -2.52. The van der Waals surface area contributed by atoms with E-state index in [2.05, 4.69) is 4.72 Å². The number of nitrogens with one attached hydrogen (secondary N) is 1. The molecule has 0 aliphatic rings. The van der Waals surface area contributed by atoms with E-state index in [0.29, 0.717) is 22.5 Å². The quantitative estimate of drug-likeness (QED) is 0.851. The molecule has 5 nitrogen and oxygen atoms in total. The number of para-hydroxylation sites is 1. The van der Waals surface area contributed by atoms with Crippen molar-refractivity contribution in [2.45, 2.75) is 18.7 Å². The molecule has 0 saturated heterocycles. The van der Waals surface area contributed by atoms with Gasteiger partial charge in [-0.25, -0.2) is 8.42 Å².